The molecular weight excluding hydrogens is 168 g/mol. The third-order valence-corrected chi connectivity index (χ3v) is 1.42. The highest BCUT2D eigenvalue weighted by Crippen LogP contribution is 2.05. The van der Waals surface area contributed by atoms with Crippen LogP contribution in [0.5, 0.6) is 0 Å². The number of hydrogen-bond donors (Lipinski definition) is 2. The van der Waals surface area contributed by atoms with Crippen molar-refractivity contribution < 1.29 is 9.90 Å². The van der Waals surface area contributed by atoms with Crippen molar-refractivity contribution in [2.75, 3.05) is 0 Å². The summed E-state index contributed by atoms with van der Waals surface area (Å²) in [5.41, 5.74) is 6.04. The van der Waals surface area contributed by atoms with E-state index in [1.807, 2.05) is 0 Å². The average molecular weight is 182 g/mol. The predicted molar refractivity (Wildman–Crippen MR) is 52.7 cm³/mol. The molecule has 0 saturated heterocycles. The number of aliphatic imine (C=N–C) groups is 1. The molecule has 0 aromatic rings. The molecule has 72 valence electrons. The van der Waals surface area contributed by atoms with Gasteiger partial charge in [0.2, 0.25) is 0 Å². The summed E-state index contributed by atoms with van der Waals surface area (Å²) < 4.78 is 0. The Kier molecular flexibility index (Phi) is 5.47. The van der Waals surface area contributed by atoms with Crippen LogP contribution in [-0.2, 0) is 4.79 Å². The van der Waals surface area contributed by atoms with E-state index in [0.717, 1.165) is 0 Å². The van der Waals surface area contributed by atoms with Crippen LogP contribution in [0.4, 0.5) is 0 Å². The quantitative estimate of drug-likeness (QED) is 0.491. The lowest BCUT2D eigenvalue weighted by atomic mass is 10.1. The SMILES string of the molecule is C=C/C(=C\N=CC)CC(N)C(=O)O. The van der Waals surface area contributed by atoms with Gasteiger partial charge in [-0.3, -0.25) is 9.79 Å². The van der Waals surface area contributed by atoms with Crippen LogP contribution < -0.4 is 5.73 Å². The third kappa shape index (κ3) is 4.92. The van der Waals surface area contributed by atoms with Crippen molar-refractivity contribution in [2.24, 2.45) is 10.7 Å². The van der Waals surface area contributed by atoms with Crippen LogP contribution >= 0.6 is 0 Å². The second kappa shape index (κ2) is 6.14. The fourth-order valence-electron chi connectivity index (χ4n) is 0.700. The van der Waals surface area contributed by atoms with Crippen LogP contribution in [0.3, 0.4) is 0 Å². The van der Waals surface area contributed by atoms with Crippen LogP contribution in [0.1, 0.15) is 13.3 Å². The number of carboxylic acids is 1. The summed E-state index contributed by atoms with van der Waals surface area (Å²) in [6.45, 7) is 5.31. The molecule has 0 bridgehead atoms. The van der Waals surface area contributed by atoms with Crippen molar-refractivity contribution in [3.05, 3.63) is 24.4 Å². The van der Waals surface area contributed by atoms with Gasteiger partial charge >= 0.3 is 5.97 Å². The molecule has 4 nitrogen and oxygen atoms in total. The summed E-state index contributed by atoms with van der Waals surface area (Å²) in [6, 6.07) is -0.892. The highest BCUT2D eigenvalue weighted by atomic mass is 16.4. The first-order chi connectivity index (χ1) is 6.11. The molecule has 1 unspecified atom stereocenters. The van der Waals surface area contributed by atoms with Crippen LogP contribution in [0.25, 0.3) is 0 Å². The Morgan fingerprint density at radius 1 is 1.77 bits per heavy atom. The molecule has 0 aliphatic rings. The van der Waals surface area contributed by atoms with Gasteiger partial charge in [-0.1, -0.05) is 12.7 Å². The average Bonchev–Trinajstić information content (AvgIpc) is 2.11. The summed E-state index contributed by atoms with van der Waals surface area (Å²) >= 11 is 0. The first kappa shape index (κ1) is 11.6. The second-order valence-corrected chi connectivity index (χ2v) is 2.46. The molecule has 4 heteroatoms. The molecule has 1 atom stereocenters. The van der Waals surface area contributed by atoms with Gasteiger partial charge in [-0.15, -0.1) is 0 Å². The fraction of sp³-hybridized carbons (Fsp3) is 0.333. The number of hydrogen-bond acceptors (Lipinski definition) is 3. The Labute approximate surface area is 77.5 Å². The lowest BCUT2D eigenvalue weighted by Gasteiger charge is -2.05. The normalized spacial score (nSPS) is 14.5. The summed E-state index contributed by atoms with van der Waals surface area (Å²) in [5.74, 6) is -1.02. The number of carboxylic acid groups (broad SMARTS) is 1. The smallest absolute Gasteiger partial charge is 0.320 e. The van der Waals surface area contributed by atoms with Gasteiger partial charge in [0.15, 0.2) is 0 Å². The summed E-state index contributed by atoms with van der Waals surface area (Å²) in [5, 5.41) is 8.53. The van der Waals surface area contributed by atoms with Gasteiger partial charge in [0.1, 0.15) is 6.04 Å². The van der Waals surface area contributed by atoms with Crippen LogP contribution in [0, 0.1) is 0 Å². The Morgan fingerprint density at radius 3 is 2.77 bits per heavy atom. The topological polar surface area (TPSA) is 75.7 Å². The van der Waals surface area contributed by atoms with Gasteiger partial charge in [0.25, 0.3) is 0 Å². The highest BCUT2D eigenvalue weighted by molar-refractivity contribution is 5.73. The van der Waals surface area contributed by atoms with Crippen molar-refractivity contribution in [2.45, 2.75) is 19.4 Å². The Bertz CT molecular complexity index is 244. The maximum Gasteiger partial charge on any atom is 0.320 e. The molecule has 0 amide bonds. The molecule has 3 N–H and O–H groups in total. The number of nitrogens with zero attached hydrogens (tertiary/aromatic N) is 1. The van der Waals surface area contributed by atoms with E-state index in [2.05, 4.69) is 11.6 Å². The predicted octanol–water partition coefficient (Wildman–Crippen LogP) is 0.949. The van der Waals surface area contributed by atoms with Gasteiger partial charge in [-0.25, -0.2) is 0 Å². The van der Waals surface area contributed by atoms with Crippen molar-refractivity contribution in [3.8, 4) is 0 Å². The molecule has 0 fully saturated rings. The molecule has 0 saturated carbocycles. The van der Waals surface area contributed by atoms with Crippen molar-refractivity contribution in [1.82, 2.24) is 0 Å². The Balaban J connectivity index is 4.28. The second-order valence-electron chi connectivity index (χ2n) is 2.46. The molecule has 0 heterocycles. The van der Waals surface area contributed by atoms with E-state index in [4.69, 9.17) is 10.8 Å². The Hall–Kier alpha value is -1.42. The zero-order valence-electron chi connectivity index (χ0n) is 7.60. The highest BCUT2D eigenvalue weighted by Gasteiger charge is 2.11. The van der Waals surface area contributed by atoms with Gasteiger partial charge in [-0.2, -0.15) is 0 Å². The molecule has 0 rings (SSSR count). The largest absolute Gasteiger partial charge is 0.480 e. The van der Waals surface area contributed by atoms with Gasteiger partial charge in [0.05, 0.1) is 0 Å². The molecule has 0 aliphatic carbocycles. The van der Waals surface area contributed by atoms with E-state index in [1.54, 1.807) is 25.4 Å². The van der Waals surface area contributed by atoms with Crippen LogP contribution in [-0.4, -0.2) is 23.3 Å². The van der Waals surface area contributed by atoms with E-state index >= 15 is 0 Å². The minimum atomic E-state index is -1.02. The minimum Gasteiger partial charge on any atom is -0.480 e. The van der Waals surface area contributed by atoms with Crippen LogP contribution in [0.15, 0.2) is 29.4 Å². The monoisotopic (exact) mass is 182 g/mol. The summed E-state index contributed by atoms with van der Waals surface area (Å²) in [4.78, 5) is 14.2. The molecule has 0 aromatic carbocycles. The molecule has 0 radical (unpaired) electrons. The summed E-state index contributed by atoms with van der Waals surface area (Å²) in [6.07, 6.45) is 4.96. The van der Waals surface area contributed by atoms with Crippen molar-refractivity contribution >= 4 is 12.2 Å². The maximum atomic E-state index is 10.4. The molecule has 0 aromatic heterocycles. The molecular formula is C9H14N2O2. The van der Waals surface area contributed by atoms with Crippen molar-refractivity contribution in [3.63, 3.8) is 0 Å². The zero-order valence-corrected chi connectivity index (χ0v) is 7.60. The number of nitrogens with two attached hydrogens (primary N) is 1. The maximum absolute atomic E-state index is 10.4. The van der Waals surface area contributed by atoms with E-state index in [0.29, 0.717) is 5.57 Å². The van der Waals surface area contributed by atoms with E-state index in [-0.39, 0.29) is 6.42 Å². The number of carbonyl (C=O) groups is 1. The van der Waals surface area contributed by atoms with Crippen LogP contribution in [0.2, 0.25) is 0 Å². The van der Waals surface area contributed by atoms with E-state index < -0.39 is 12.0 Å². The van der Waals surface area contributed by atoms with Gasteiger partial charge in [0, 0.05) is 12.4 Å². The third-order valence-electron chi connectivity index (χ3n) is 1.42. The fourth-order valence-corrected chi connectivity index (χ4v) is 0.700. The minimum absolute atomic E-state index is 0.246. The zero-order chi connectivity index (χ0) is 10.3. The first-order valence-electron chi connectivity index (χ1n) is 3.89. The number of aliphatic carboxylic acids is 1. The molecule has 0 spiro atoms. The van der Waals surface area contributed by atoms with Gasteiger partial charge < -0.3 is 10.8 Å². The van der Waals surface area contributed by atoms with Crippen molar-refractivity contribution in [1.29, 1.82) is 0 Å². The number of allylic oxidation sites excluding steroid dienone is 1. The Morgan fingerprint density at radius 2 is 2.38 bits per heavy atom. The first-order valence-corrected chi connectivity index (χ1v) is 3.89. The molecule has 13 heavy (non-hydrogen) atoms. The lowest BCUT2D eigenvalue weighted by molar-refractivity contribution is -0.138. The number of rotatable bonds is 5. The molecule has 0 aliphatic heterocycles. The van der Waals surface area contributed by atoms with E-state index in [1.165, 1.54) is 0 Å². The van der Waals surface area contributed by atoms with Gasteiger partial charge in [-0.05, 0) is 18.9 Å². The standard InChI is InChI=1S/C9H14N2O2/c1-3-7(6-11-4-2)5-8(10)9(12)13/h3-4,6,8H,1,5,10H2,2H3,(H,12,13)/b7-6+,11-4?. The lowest BCUT2D eigenvalue weighted by Crippen LogP contribution is -2.30. The van der Waals surface area contributed by atoms with E-state index in [9.17, 15) is 4.79 Å². The summed E-state index contributed by atoms with van der Waals surface area (Å²) in [7, 11) is 0.